The van der Waals surface area contributed by atoms with Crippen molar-refractivity contribution in [1.29, 1.82) is 0 Å². The van der Waals surface area contributed by atoms with E-state index in [1.807, 2.05) is 6.92 Å². The van der Waals surface area contributed by atoms with E-state index in [9.17, 15) is 14.0 Å². The summed E-state index contributed by atoms with van der Waals surface area (Å²) in [6.07, 6.45) is 2.45. The number of methoxy groups -OCH3 is 1. The Bertz CT molecular complexity index is 1250. The van der Waals surface area contributed by atoms with Crippen LogP contribution in [0.1, 0.15) is 34.8 Å². The van der Waals surface area contributed by atoms with Gasteiger partial charge in [0.25, 0.3) is 5.91 Å². The number of benzene rings is 2. The molecule has 36 heavy (non-hydrogen) atoms. The Hall–Kier alpha value is -4.47. The van der Waals surface area contributed by atoms with Crippen LogP contribution in [0.3, 0.4) is 0 Å². The fourth-order valence-electron chi connectivity index (χ4n) is 3.67. The average molecular weight is 493 g/mol. The molecule has 1 aliphatic rings. The molecule has 1 atom stereocenters. The standard InChI is InChI=1S/C26H25FN4O5/c1-3-21-24(18-8-11-22(34-2)23(13-18)35-16-27)30-31(26(33)36-21)15-17-6-9-20(10-7-17)29-25(32)19-5-4-12-28-14-19/h4-14,21H,3,15-16H2,1-2H3,(H,29,32). The third-order valence-electron chi connectivity index (χ3n) is 5.50. The maximum absolute atomic E-state index is 12.8. The number of amides is 2. The van der Waals surface area contributed by atoms with E-state index in [4.69, 9.17) is 14.2 Å². The topological polar surface area (TPSA) is 102 Å². The van der Waals surface area contributed by atoms with Crippen LogP contribution >= 0.6 is 0 Å². The molecule has 0 fully saturated rings. The number of pyridine rings is 1. The maximum atomic E-state index is 12.8. The lowest BCUT2D eigenvalue weighted by Gasteiger charge is -2.29. The smallest absolute Gasteiger partial charge is 0.431 e. The van der Waals surface area contributed by atoms with E-state index in [0.717, 1.165) is 5.56 Å². The zero-order valence-electron chi connectivity index (χ0n) is 19.8. The van der Waals surface area contributed by atoms with Crippen molar-refractivity contribution in [1.82, 2.24) is 9.99 Å². The van der Waals surface area contributed by atoms with E-state index in [0.29, 0.717) is 34.7 Å². The Balaban J connectivity index is 1.52. The van der Waals surface area contributed by atoms with Gasteiger partial charge in [0.15, 0.2) is 11.5 Å². The van der Waals surface area contributed by atoms with Gasteiger partial charge in [-0.1, -0.05) is 19.1 Å². The Morgan fingerprint density at radius 3 is 2.64 bits per heavy atom. The number of rotatable bonds is 9. The summed E-state index contributed by atoms with van der Waals surface area (Å²) in [6.45, 7) is 1.02. The molecule has 4 rings (SSSR count). The molecule has 2 amide bonds. The number of ether oxygens (including phenoxy) is 3. The molecule has 3 aromatic rings. The maximum Gasteiger partial charge on any atom is 0.431 e. The van der Waals surface area contributed by atoms with Crippen molar-refractivity contribution in [2.45, 2.75) is 26.0 Å². The molecule has 2 heterocycles. The number of aromatic nitrogens is 1. The number of hydrazone groups is 1. The lowest BCUT2D eigenvalue weighted by atomic mass is 10.0. The number of nitrogens with one attached hydrogen (secondary N) is 1. The van der Waals surface area contributed by atoms with Crippen LogP contribution in [0.15, 0.2) is 72.1 Å². The molecule has 0 saturated heterocycles. The summed E-state index contributed by atoms with van der Waals surface area (Å²) in [7, 11) is 1.46. The monoisotopic (exact) mass is 492 g/mol. The third kappa shape index (κ3) is 5.60. The van der Waals surface area contributed by atoms with Gasteiger partial charge in [-0.2, -0.15) is 10.1 Å². The molecular formula is C26H25FN4O5. The molecule has 0 saturated carbocycles. The van der Waals surface area contributed by atoms with Crippen molar-refractivity contribution in [2.75, 3.05) is 19.3 Å². The number of carbonyl (C=O) groups excluding carboxylic acids is 2. The number of nitrogens with zero attached hydrogens (tertiary/aromatic N) is 3. The predicted octanol–water partition coefficient (Wildman–Crippen LogP) is 4.78. The fraction of sp³-hybridized carbons (Fsp3) is 0.231. The second-order valence-corrected chi connectivity index (χ2v) is 7.84. The molecule has 0 bridgehead atoms. The molecule has 1 unspecified atom stereocenters. The molecule has 10 heteroatoms. The highest BCUT2D eigenvalue weighted by Crippen LogP contribution is 2.30. The van der Waals surface area contributed by atoms with Crippen molar-refractivity contribution in [3.8, 4) is 11.5 Å². The van der Waals surface area contributed by atoms with Gasteiger partial charge >= 0.3 is 6.09 Å². The summed E-state index contributed by atoms with van der Waals surface area (Å²) < 4.78 is 28.7. The Kier molecular flexibility index (Phi) is 7.74. The zero-order valence-corrected chi connectivity index (χ0v) is 19.8. The van der Waals surface area contributed by atoms with Crippen LogP contribution in [0.25, 0.3) is 0 Å². The van der Waals surface area contributed by atoms with E-state index in [2.05, 4.69) is 15.4 Å². The molecule has 9 nitrogen and oxygen atoms in total. The van der Waals surface area contributed by atoms with Gasteiger partial charge in [-0.3, -0.25) is 9.78 Å². The molecule has 186 valence electrons. The summed E-state index contributed by atoms with van der Waals surface area (Å²) in [5, 5.41) is 8.59. The number of alkyl halides is 1. The summed E-state index contributed by atoms with van der Waals surface area (Å²) >= 11 is 0. The second kappa shape index (κ2) is 11.3. The molecule has 1 aliphatic heterocycles. The fourth-order valence-corrected chi connectivity index (χ4v) is 3.67. The third-order valence-corrected chi connectivity index (χ3v) is 5.50. The molecule has 0 aliphatic carbocycles. The number of anilines is 1. The van der Waals surface area contributed by atoms with Gasteiger partial charge in [0.05, 0.1) is 19.2 Å². The first-order valence-corrected chi connectivity index (χ1v) is 11.3. The zero-order chi connectivity index (χ0) is 25.5. The van der Waals surface area contributed by atoms with Gasteiger partial charge in [-0.15, -0.1) is 0 Å². The van der Waals surface area contributed by atoms with Crippen molar-refractivity contribution >= 4 is 23.4 Å². The van der Waals surface area contributed by atoms with Gasteiger partial charge in [-0.25, -0.2) is 9.18 Å². The first-order chi connectivity index (χ1) is 17.5. The Morgan fingerprint density at radius 1 is 1.17 bits per heavy atom. The van der Waals surface area contributed by atoms with Crippen LogP contribution in [0, 0.1) is 0 Å². The Morgan fingerprint density at radius 2 is 1.97 bits per heavy atom. The number of hydrogen-bond acceptors (Lipinski definition) is 7. The summed E-state index contributed by atoms with van der Waals surface area (Å²) in [4.78, 5) is 28.9. The van der Waals surface area contributed by atoms with E-state index in [1.165, 1.54) is 18.3 Å². The van der Waals surface area contributed by atoms with Crippen LogP contribution in [0.2, 0.25) is 0 Å². The summed E-state index contributed by atoms with van der Waals surface area (Å²) in [5.41, 5.74) is 2.97. The number of carbonyl (C=O) groups is 2. The molecule has 1 aromatic heterocycles. The van der Waals surface area contributed by atoms with E-state index >= 15 is 0 Å². The summed E-state index contributed by atoms with van der Waals surface area (Å²) in [6, 6.07) is 15.4. The quantitative estimate of drug-likeness (QED) is 0.461. The first kappa shape index (κ1) is 24.6. The van der Waals surface area contributed by atoms with Crippen LogP contribution in [-0.4, -0.2) is 47.8 Å². The molecule has 0 spiro atoms. The lowest BCUT2D eigenvalue weighted by Crippen LogP contribution is -2.41. The van der Waals surface area contributed by atoms with Crippen molar-refractivity contribution < 1.29 is 28.2 Å². The number of hydrogen-bond donors (Lipinski definition) is 1. The number of halogens is 1. The minimum Gasteiger partial charge on any atom is -0.493 e. The largest absolute Gasteiger partial charge is 0.493 e. The van der Waals surface area contributed by atoms with Crippen molar-refractivity contribution in [3.63, 3.8) is 0 Å². The van der Waals surface area contributed by atoms with Crippen LogP contribution < -0.4 is 14.8 Å². The van der Waals surface area contributed by atoms with Gasteiger partial charge in [0.1, 0.15) is 11.8 Å². The first-order valence-electron chi connectivity index (χ1n) is 11.3. The molecular weight excluding hydrogens is 467 g/mol. The van der Waals surface area contributed by atoms with Crippen LogP contribution in [0.5, 0.6) is 11.5 Å². The number of cyclic esters (lactones) is 1. The van der Waals surface area contributed by atoms with Crippen LogP contribution in [-0.2, 0) is 11.3 Å². The van der Waals surface area contributed by atoms with E-state index in [1.54, 1.807) is 60.8 Å². The highest BCUT2D eigenvalue weighted by molar-refractivity contribution is 6.06. The van der Waals surface area contributed by atoms with Gasteiger partial charge in [0, 0.05) is 23.6 Å². The average Bonchev–Trinajstić information content (AvgIpc) is 2.91. The normalized spacial score (nSPS) is 15.1. The minimum atomic E-state index is -1.01. The predicted molar refractivity (Wildman–Crippen MR) is 131 cm³/mol. The van der Waals surface area contributed by atoms with Crippen LogP contribution in [0.4, 0.5) is 14.9 Å². The van der Waals surface area contributed by atoms with Crippen molar-refractivity contribution in [2.24, 2.45) is 5.10 Å². The van der Waals surface area contributed by atoms with Gasteiger partial charge in [0.2, 0.25) is 6.86 Å². The highest BCUT2D eigenvalue weighted by atomic mass is 19.1. The lowest BCUT2D eigenvalue weighted by molar-refractivity contribution is 0.0712. The van der Waals surface area contributed by atoms with E-state index < -0.39 is 19.1 Å². The highest BCUT2D eigenvalue weighted by Gasteiger charge is 2.31. The minimum absolute atomic E-state index is 0.152. The van der Waals surface area contributed by atoms with Gasteiger partial charge in [-0.05, 0) is 54.4 Å². The molecule has 0 radical (unpaired) electrons. The molecule has 2 aromatic carbocycles. The SMILES string of the molecule is CCC1OC(=O)N(Cc2ccc(NC(=O)c3cccnc3)cc2)N=C1c1ccc(OC)c(OCF)c1. The molecule has 1 N–H and O–H groups in total. The summed E-state index contributed by atoms with van der Waals surface area (Å²) in [5.74, 6) is 0.332. The van der Waals surface area contributed by atoms with Gasteiger partial charge < -0.3 is 19.5 Å². The second-order valence-electron chi connectivity index (χ2n) is 7.84. The van der Waals surface area contributed by atoms with Crippen molar-refractivity contribution in [3.05, 3.63) is 83.7 Å². The van der Waals surface area contributed by atoms with E-state index in [-0.39, 0.29) is 18.2 Å². The Labute approximate surface area is 207 Å².